The summed E-state index contributed by atoms with van der Waals surface area (Å²) < 4.78 is 23.0. The largest absolute Gasteiger partial charge is 0.459 e. The summed E-state index contributed by atoms with van der Waals surface area (Å²) >= 11 is 0. The van der Waals surface area contributed by atoms with Gasteiger partial charge in [0, 0.05) is 32.3 Å². The lowest BCUT2D eigenvalue weighted by atomic mass is 9.87. The molecule has 0 radical (unpaired) electrons. The second kappa shape index (κ2) is 16.6. The number of hydrogen-bond donors (Lipinski definition) is 3. The van der Waals surface area contributed by atoms with Crippen molar-refractivity contribution in [1.29, 1.82) is 0 Å². The second-order valence-corrected chi connectivity index (χ2v) is 14.5. The summed E-state index contributed by atoms with van der Waals surface area (Å²) in [5, 5.41) is 17.0. The van der Waals surface area contributed by atoms with E-state index in [1.54, 1.807) is 13.0 Å². The highest BCUT2D eigenvalue weighted by Crippen LogP contribution is 2.43. The minimum Gasteiger partial charge on any atom is -0.459 e. The fourth-order valence-corrected chi connectivity index (χ4v) is 6.40. The van der Waals surface area contributed by atoms with E-state index in [1.807, 2.05) is 26.0 Å². The number of rotatable bonds is 13. The van der Waals surface area contributed by atoms with E-state index in [1.165, 1.54) is 32.9 Å². The minimum absolute atomic E-state index is 0.0456. The molecule has 9 atom stereocenters. The number of esters is 1. The van der Waals surface area contributed by atoms with Gasteiger partial charge in [0.2, 0.25) is 11.8 Å². The van der Waals surface area contributed by atoms with Crippen LogP contribution in [0, 0.1) is 5.92 Å². The maximum atomic E-state index is 13.0. The van der Waals surface area contributed by atoms with Gasteiger partial charge in [0.15, 0.2) is 0 Å². The first-order chi connectivity index (χ1) is 23.9. The predicted octanol–water partition coefficient (Wildman–Crippen LogP) is 1.86. The normalized spacial score (nSPS) is 32.0. The van der Waals surface area contributed by atoms with Crippen molar-refractivity contribution in [3.63, 3.8) is 0 Å². The molecule has 51 heavy (non-hydrogen) atoms. The third-order valence-electron chi connectivity index (χ3n) is 9.48. The Balaban J connectivity index is 1.27. The summed E-state index contributed by atoms with van der Waals surface area (Å²) in [6.45, 7) is 12.0. The number of epoxide rings is 1. The first kappa shape index (κ1) is 39.9. The number of amides is 4. The highest BCUT2D eigenvalue weighted by atomic mass is 16.7. The van der Waals surface area contributed by atoms with Gasteiger partial charge in [-0.15, -0.1) is 5.06 Å². The molecule has 4 fully saturated rings. The highest BCUT2D eigenvalue weighted by molar-refractivity contribution is 6.02. The van der Waals surface area contributed by atoms with Crippen LogP contribution in [-0.4, -0.2) is 106 Å². The summed E-state index contributed by atoms with van der Waals surface area (Å²) in [4.78, 5) is 77.8. The van der Waals surface area contributed by atoms with Crippen LogP contribution in [0.2, 0.25) is 0 Å². The zero-order valence-corrected chi connectivity index (χ0v) is 30.3. The van der Waals surface area contributed by atoms with Gasteiger partial charge in [-0.2, -0.15) is 0 Å². The van der Waals surface area contributed by atoms with E-state index in [2.05, 4.69) is 17.6 Å². The van der Waals surface area contributed by atoms with E-state index >= 15 is 0 Å². The lowest BCUT2D eigenvalue weighted by Crippen LogP contribution is -2.55. The highest BCUT2D eigenvalue weighted by Gasteiger charge is 2.58. The first-order valence-corrected chi connectivity index (χ1v) is 17.4. The number of imide groups is 1. The van der Waals surface area contributed by atoms with Gasteiger partial charge < -0.3 is 39.5 Å². The Morgan fingerprint density at radius 3 is 2.39 bits per heavy atom. The molecule has 0 aromatic rings. The molecule has 0 aromatic heterocycles. The van der Waals surface area contributed by atoms with E-state index in [0.717, 1.165) is 12.0 Å². The van der Waals surface area contributed by atoms with Crippen LogP contribution < -0.4 is 10.6 Å². The molecule has 0 bridgehead atoms. The second-order valence-electron chi connectivity index (χ2n) is 14.5. The number of allylic oxidation sites excluding steroid dienone is 2. The number of aliphatic hydroxyl groups is 1. The van der Waals surface area contributed by atoms with Crippen LogP contribution in [0.3, 0.4) is 0 Å². The molecule has 0 saturated carbocycles. The molecule has 4 aliphatic rings. The third-order valence-corrected chi connectivity index (χ3v) is 9.48. The van der Waals surface area contributed by atoms with Gasteiger partial charge in [-0.05, 0) is 59.5 Å². The molecule has 3 N–H and O–H groups in total. The molecule has 0 unspecified atom stereocenters. The molecule has 0 aromatic carbocycles. The number of hydroxylamine groups is 2. The van der Waals surface area contributed by atoms with Gasteiger partial charge in [0.25, 0.3) is 11.8 Å². The minimum atomic E-state index is -1.54. The standard InChI is InChI=1S/C36H51N3O12/c1-20(8-11-27-21(2)16-26(23(4)49-27)37-29(41)13-10-22(3)48-24(5)40)9-12-28-33(45)36(19-47-36)18-25(50-28)17-30(42)38-35(6,7)34(46)51-39-31(43)14-15-32(39)44/h8-10,12-13,21-23,25-28,33,45H,11,14-19H2,1-7H3,(H,37,41)(H,38,42)/b12-9+,13-10-,20-8+/t21-,22-,23+,25+,26+,27-,28+,33+,36+/m0/s1. The summed E-state index contributed by atoms with van der Waals surface area (Å²) in [5.74, 6) is -3.27. The number of ether oxygens (including phenoxy) is 4. The number of hydrogen-bond acceptors (Lipinski definition) is 12. The van der Waals surface area contributed by atoms with Crippen LogP contribution >= 0.6 is 0 Å². The fraction of sp³-hybridized carbons (Fsp3) is 0.667. The molecule has 1 spiro atoms. The Morgan fingerprint density at radius 2 is 1.76 bits per heavy atom. The molecule has 15 nitrogen and oxygen atoms in total. The van der Waals surface area contributed by atoms with Crippen LogP contribution in [0.4, 0.5) is 0 Å². The molecule has 4 rings (SSSR count). The van der Waals surface area contributed by atoms with Crippen LogP contribution in [0.15, 0.2) is 36.0 Å². The van der Waals surface area contributed by atoms with Gasteiger partial charge >= 0.3 is 11.9 Å². The number of carbonyl (C=O) groups excluding carboxylic acids is 6. The van der Waals surface area contributed by atoms with Crippen LogP contribution in [0.1, 0.15) is 87.0 Å². The van der Waals surface area contributed by atoms with Crippen LogP contribution in [0.25, 0.3) is 0 Å². The molecular weight excluding hydrogens is 666 g/mol. The summed E-state index contributed by atoms with van der Waals surface area (Å²) in [6, 6.07) is -0.175. The molecule has 282 valence electrons. The number of nitrogens with one attached hydrogen (secondary N) is 2. The Hall–Kier alpha value is -3.92. The molecule has 0 aliphatic carbocycles. The third kappa shape index (κ3) is 10.8. The summed E-state index contributed by atoms with van der Waals surface area (Å²) in [7, 11) is 0. The Labute approximate surface area is 298 Å². The van der Waals surface area contributed by atoms with Gasteiger partial charge in [0.05, 0.1) is 37.4 Å². The van der Waals surface area contributed by atoms with Gasteiger partial charge in [-0.3, -0.25) is 24.0 Å². The Kier molecular flexibility index (Phi) is 13.0. The zero-order chi connectivity index (χ0) is 37.7. The van der Waals surface area contributed by atoms with Crippen molar-refractivity contribution < 1.29 is 57.7 Å². The van der Waals surface area contributed by atoms with Crippen LogP contribution in [-0.2, 0) is 52.6 Å². The number of aliphatic hydroxyl groups excluding tert-OH is 1. The van der Waals surface area contributed by atoms with E-state index < -0.39 is 65.2 Å². The number of nitrogens with zero attached hydrogens (tertiary/aromatic N) is 1. The Bertz CT molecular complexity index is 1430. The average Bonchev–Trinajstić information content (AvgIpc) is 3.74. The van der Waals surface area contributed by atoms with Crippen molar-refractivity contribution in [2.75, 3.05) is 6.61 Å². The van der Waals surface area contributed by atoms with Crippen molar-refractivity contribution in [3.8, 4) is 0 Å². The van der Waals surface area contributed by atoms with E-state index in [9.17, 15) is 33.9 Å². The maximum Gasteiger partial charge on any atom is 0.357 e. The fourth-order valence-electron chi connectivity index (χ4n) is 6.40. The van der Waals surface area contributed by atoms with Crippen LogP contribution in [0.5, 0.6) is 0 Å². The lowest BCUT2D eigenvalue weighted by Gasteiger charge is -2.39. The van der Waals surface area contributed by atoms with Crippen molar-refractivity contribution in [1.82, 2.24) is 15.7 Å². The van der Waals surface area contributed by atoms with E-state index in [-0.39, 0.29) is 55.8 Å². The summed E-state index contributed by atoms with van der Waals surface area (Å²) in [5.41, 5.74) is -1.46. The van der Waals surface area contributed by atoms with Gasteiger partial charge in [-0.25, -0.2) is 4.79 Å². The molecule has 4 heterocycles. The first-order valence-electron chi connectivity index (χ1n) is 17.4. The maximum absolute atomic E-state index is 13.0. The monoisotopic (exact) mass is 717 g/mol. The van der Waals surface area contributed by atoms with Crippen molar-refractivity contribution >= 4 is 35.6 Å². The quantitative estimate of drug-likeness (QED) is 0.0823. The average molecular weight is 718 g/mol. The SMILES string of the molecule is CC(=O)O[C@@H](C)/C=C\C(=O)N[C@@H]1C[C@H](C)[C@H](C/C=C(C)/C=C/[C@H]2O[C@H](CC(=O)NC(C)(C)C(=O)ON3C(=O)CCC3=O)C[C@@]3(CO3)[C@@H]2O)O[C@@H]1C. The van der Waals surface area contributed by atoms with Gasteiger partial charge in [-0.1, -0.05) is 30.7 Å². The molecule has 15 heteroatoms. The van der Waals surface area contributed by atoms with E-state index in [0.29, 0.717) is 18.1 Å². The van der Waals surface area contributed by atoms with Gasteiger partial charge in [0.1, 0.15) is 29.5 Å². The predicted molar refractivity (Wildman–Crippen MR) is 180 cm³/mol. The smallest absolute Gasteiger partial charge is 0.357 e. The Morgan fingerprint density at radius 1 is 1.10 bits per heavy atom. The summed E-state index contributed by atoms with van der Waals surface area (Å²) in [6.07, 6.45) is 6.80. The molecule has 4 aliphatic heterocycles. The molecular formula is C36H51N3O12. The zero-order valence-electron chi connectivity index (χ0n) is 30.3. The molecule has 4 amide bonds. The van der Waals surface area contributed by atoms with Crippen molar-refractivity contribution in [2.24, 2.45) is 5.92 Å². The number of carbonyl (C=O) groups is 6. The topological polar surface area (TPSA) is 199 Å². The molecule has 4 saturated heterocycles. The van der Waals surface area contributed by atoms with E-state index in [4.69, 9.17) is 23.8 Å². The lowest BCUT2D eigenvalue weighted by molar-refractivity contribution is -0.201. The van der Waals surface area contributed by atoms with Crippen molar-refractivity contribution in [3.05, 3.63) is 36.0 Å². The van der Waals surface area contributed by atoms with Crippen molar-refractivity contribution in [2.45, 2.75) is 141 Å².